The van der Waals surface area contributed by atoms with Gasteiger partial charge in [0.2, 0.25) is 6.16 Å². The van der Waals surface area contributed by atoms with Gasteiger partial charge in [0.05, 0.1) is 0 Å². The molecule has 64 valence electrons. The number of carbonyl (C=O) groups is 1. The first-order valence-electron chi connectivity index (χ1n) is 1.41. The molecule has 0 aliphatic heterocycles. The Hall–Kier alpha value is 0.340. The Bertz CT molecular complexity index is 118. The summed E-state index contributed by atoms with van der Waals surface area (Å²) in [6.07, 6.45) is -2.08. The van der Waals surface area contributed by atoms with Crippen molar-refractivity contribution in [3.05, 3.63) is 0 Å². The van der Waals surface area contributed by atoms with Crippen LogP contribution in [0.4, 0.5) is 4.79 Å². The molecule has 0 radical (unpaired) electrons. The van der Waals surface area contributed by atoms with E-state index in [1.165, 1.54) is 0 Å². The Morgan fingerprint density at radius 3 is 1.27 bits per heavy atom. The Morgan fingerprint density at radius 1 is 1.27 bits per heavy atom. The fourth-order valence-corrected chi connectivity index (χ4v) is 0. The van der Waals surface area contributed by atoms with Crippen LogP contribution in [0.15, 0.2) is 0 Å². The molecule has 0 fully saturated rings. The summed E-state index contributed by atoms with van der Waals surface area (Å²) in [5, 5.41) is 15.3. The second-order valence-electron chi connectivity index (χ2n) is 0.779. The Kier molecular flexibility index (Phi) is 21.2. The minimum absolute atomic E-state index is 0. The van der Waals surface area contributed by atoms with Gasteiger partial charge in [-0.3, -0.25) is 0 Å². The van der Waals surface area contributed by atoms with Crippen molar-refractivity contribution in [3.8, 4) is 0 Å². The molecule has 0 unspecified atom stereocenters. The third-order valence-electron chi connectivity index (χ3n) is 0. The molecule has 0 atom stereocenters. The standard InChI is InChI=1S/CH2O3.H3N.Na.H3O4P/c2-1(3)4;;;1-5(2,3)4/h(H2,2,3,4);1H3;;(H3,1,2,3,4)/q;;+1;/p-1. The quantitative estimate of drug-likeness (QED) is 0.190. The fraction of sp³-hybridized carbons (Fsp3) is 0. The van der Waals surface area contributed by atoms with Crippen LogP contribution in [-0.2, 0) is 4.57 Å². The number of phosphoric acid groups is 1. The molecule has 0 saturated carbocycles. The van der Waals surface area contributed by atoms with E-state index in [2.05, 4.69) is 0 Å². The first-order chi connectivity index (χ1) is 3.73. The molecule has 0 aromatic heterocycles. The summed E-state index contributed by atoms with van der Waals surface area (Å²) in [5.74, 6) is 0. The fourth-order valence-electron chi connectivity index (χ4n) is 0. The number of hydrogen-bond donors (Lipinski definition) is 5. The maximum absolute atomic E-state index is 8.88. The van der Waals surface area contributed by atoms with Crippen molar-refractivity contribution in [2.75, 3.05) is 0 Å². The van der Waals surface area contributed by atoms with Gasteiger partial charge in [-0.25, -0.2) is 4.57 Å². The van der Waals surface area contributed by atoms with E-state index in [1.807, 2.05) is 0 Å². The number of rotatable bonds is 0. The van der Waals surface area contributed by atoms with Gasteiger partial charge in [0.25, 0.3) is 0 Å². The Labute approximate surface area is 84.0 Å². The van der Waals surface area contributed by atoms with Crippen LogP contribution >= 0.6 is 7.82 Å². The molecule has 0 aliphatic carbocycles. The molecular formula is CH7NNaO7P. The zero-order valence-electron chi connectivity index (χ0n) is 5.67. The van der Waals surface area contributed by atoms with Gasteiger partial charge < -0.3 is 35.8 Å². The van der Waals surface area contributed by atoms with Crippen molar-refractivity contribution in [2.45, 2.75) is 0 Å². The Balaban J connectivity index is -0.0000000383. The van der Waals surface area contributed by atoms with E-state index in [0.717, 1.165) is 0 Å². The molecule has 0 heterocycles. The molecule has 0 bridgehead atoms. The summed E-state index contributed by atoms with van der Waals surface area (Å²) >= 11 is 0. The maximum Gasteiger partial charge on any atom is 1.00 e. The van der Waals surface area contributed by atoms with E-state index in [0.29, 0.717) is 0 Å². The summed E-state index contributed by atoms with van der Waals surface area (Å²) < 4.78 is 8.88. The van der Waals surface area contributed by atoms with Crippen LogP contribution in [0.5, 0.6) is 0 Å². The van der Waals surface area contributed by atoms with Gasteiger partial charge in [0, 0.05) is 0 Å². The summed E-state index contributed by atoms with van der Waals surface area (Å²) in [6, 6.07) is 0. The molecule has 0 amide bonds. The van der Waals surface area contributed by atoms with Crippen molar-refractivity contribution in [1.82, 2.24) is 6.15 Å². The smallest absolute Gasteiger partial charge is 0.565 e. The summed E-state index contributed by atoms with van der Waals surface area (Å²) in [5.41, 5.74) is 0. The molecule has 0 saturated heterocycles. The second kappa shape index (κ2) is 10.3. The first-order valence-corrected chi connectivity index (χ1v) is 2.98. The molecule has 0 aliphatic rings. The molecule has 8 nitrogen and oxygen atoms in total. The van der Waals surface area contributed by atoms with Crippen molar-refractivity contribution in [2.24, 2.45) is 0 Å². The van der Waals surface area contributed by atoms with Crippen LogP contribution in [0, 0.1) is 0 Å². The van der Waals surface area contributed by atoms with E-state index in [4.69, 9.17) is 34.3 Å². The predicted molar refractivity (Wildman–Crippen MR) is 27.3 cm³/mol. The van der Waals surface area contributed by atoms with Gasteiger partial charge in [-0.05, 0) is 0 Å². The predicted octanol–water partition coefficient (Wildman–Crippen LogP) is -4.87. The van der Waals surface area contributed by atoms with Gasteiger partial charge >= 0.3 is 37.4 Å². The van der Waals surface area contributed by atoms with Crippen LogP contribution in [-0.4, -0.2) is 25.9 Å². The first kappa shape index (κ1) is 22.5. The normalized spacial score (nSPS) is 7.55. The third kappa shape index (κ3) is 6220. The van der Waals surface area contributed by atoms with E-state index in [1.54, 1.807) is 0 Å². The zero-order chi connectivity index (χ0) is 8.08. The summed E-state index contributed by atoms with van der Waals surface area (Å²) in [7, 11) is -4.64. The molecule has 10 heteroatoms. The molecule has 0 rings (SSSR count). The maximum atomic E-state index is 8.88. The molecule has 0 spiro atoms. The topological polar surface area (TPSA) is 173 Å². The van der Waals surface area contributed by atoms with Crippen LogP contribution in [0.2, 0.25) is 0 Å². The van der Waals surface area contributed by atoms with Gasteiger partial charge in [0.1, 0.15) is 0 Å². The zero-order valence-corrected chi connectivity index (χ0v) is 8.56. The average Bonchev–Trinajstić information content (AvgIpc) is 1.19. The van der Waals surface area contributed by atoms with Crippen LogP contribution in [0.3, 0.4) is 0 Å². The van der Waals surface area contributed by atoms with Crippen LogP contribution in [0.25, 0.3) is 0 Å². The van der Waals surface area contributed by atoms with E-state index in [9.17, 15) is 0 Å². The third-order valence-corrected chi connectivity index (χ3v) is 0. The average molecular weight is 199 g/mol. The van der Waals surface area contributed by atoms with Crippen molar-refractivity contribution < 1.29 is 63.8 Å². The van der Waals surface area contributed by atoms with E-state index >= 15 is 0 Å². The van der Waals surface area contributed by atoms with Crippen molar-refractivity contribution in [3.63, 3.8) is 0 Å². The van der Waals surface area contributed by atoms with Crippen LogP contribution < -0.4 is 40.8 Å². The van der Waals surface area contributed by atoms with Crippen molar-refractivity contribution in [1.29, 1.82) is 0 Å². The molecule has 0 aromatic rings. The van der Waals surface area contributed by atoms with Gasteiger partial charge in [-0.1, -0.05) is 0 Å². The van der Waals surface area contributed by atoms with E-state index in [-0.39, 0.29) is 35.7 Å². The molecular weight excluding hydrogens is 192 g/mol. The molecule has 0 aromatic carbocycles. The summed E-state index contributed by atoms with van der Waals surface area (Å²) in [6.45, 7) is 0. The van der Waals surface area contributed by atoms with Gasteiger partial charge in [-0.15, -0.1) is 0 Å². The van der Waals surface area contributed by atoms with E-state index < -0.39 is 14.0 Å². The van der Waals surface area contributed by atoms with Crippen LogP contribution in [0.1, 0.15) is 0 Å². The molecule has 11 heavy (non-hydrogen) atoms. The number of carboxylic acid groups (broad SMARTS) is 2. The number of hydrogen-bond acceptors (Lipinski definition) is 4. The van der Waals surface area contributed by atoms with Gasteiger partial charge in [0.15, 0.2) is 0 Å². The van der Waals surface area contributed by atoms with Gasteiger partial charge in [-0.2, -0.15) is 0 Å². The minimum Gasteiger partial charge on any atom is -0.565 e. The molecule has 7 N–H and O–H groups in total. The minimum atomic E-state index is -4.64. The van der Waals surface area contributed by atoms with Crippen molar-refractivity contribution >= 4 is 14.0 Å². The largest absolute Gasteiger partial charge is 1.00 e. The Morgan fingerprint density at radius 2 is 1.27 bits per heavy atom. The second-order valence-corrected chi connectivity index (χ2v) is 1.81. The monoisotopic (exact) mass is 199 g/mol. The SMILES string of the molecule is N.O=C([O-])O.O=P(O)(O)O.[Na+]. The summed E-state index contributed by atoms with van der Waals surface area (Å²) in [4.78, 5) is 30.0.